The van der Waals surface area contributed by atoms with Gasteiger partial charge in [-0.1, -0.05) is 19.1 Å². The van der Waals surface area contributed by atoms with Crippen LogP contribution in [0.15, 0.2) is 54.6 Å². The molecule has 37 heavy (non-hydrogen) atoms. The van der Waals surface area contributed by atoms with Crippen LogP contribution >= 0.6 is 0 Å². The van der Waals surface area contributed by atoms with Gasteiger partial charge in [0.15, 0.2) is 11.5 Å². The minimum Gasteiger partial charge on any atom is -0.507 e. The van der Waals surface area contributed by atoms with E-state index in [0.717, 1.165) is 16.7 Å². The van der Waals surface area contributed by atoms with Gasteiger partial charge in [-0.25, -0.2) is 0 Å². The quantitative estimate of drug-likeness (QED) is 0.532. The van der Waals surface area contributed by atoms with E-state index in [1.165, 1.54) is 12.1 Å². The second-order valence-electron chi connectivity index (χ2n) is 9.11. The van der Waals surface area contributed by atoms with Crippen molar-refractivity contribution < 1.29 is 28.9 Å². The average molecular weight is 503 g/mol. The summed E-state index contributed by atoms with van der Waals surface area (Å²) in [7, 11) is 1.57. The fourth-order valence-electron chi connectivity index (χ4n) is 4.92. The third kappa shape index (κ3) is 4.91. The van der Waals surface area contributed by atoms with Crippen molar-refractivity contribution in [3.8, 4) is 28.7 Å². The second kappa shape index (κ2) is 10.4. The fourth-order valence-corrected chi connectivity index (χ4v) is 4.92. The van der Waals surface area contributed by atoms with Crippen LogP contribution in [-0.2, 0) is 11.2 Å². The molecule has 6 rings (SSSR count). The van der Waals surface area contributed by atoms with Crippen molar-refractivity contribution in [3.05, 3.63) is 76.9 Å². The van der Waals surface area contributed by atoms with Crippen LogP contribution < -0.4 is 19.5 Å². The van der Waals surface area contributed by atoms with Crippen LogP contribution in [0, 0.1) is 0 Å². The van der Waals surface area contributed by atoms with Crippen molar-refractivity contribution >= 4 is 11.8 Å². The number of hydrogen-bond acceptors (Lipinski definition) is 6. The van der Waals surface area contributed by atoms with Gasteiger partial charge < -0.3 is 29.5 Å². The maximum absolute atomic E-state index is 13.0. The number of hydrogen-bond donors (Lipinski definition) is 2. The van der Waals surface area contributed by atoms with Crippen LogP contribution in [0.3, 0.4) is 0 Å². The van der Waals surface area contributed by atoms with Crippen molar-refractivity contribution in [3.63, 3.8) is 0 Å². The Morgan fingerprint density at radius 1 is 1.16 bits per heavy atom. The Balaban J connectivity index is 1.65. The van der Waals surface area contributed by atoms with Gasteiger partial charge in [0, 0.05) is 19.5 Å². The molecule has 8 heteroatoms. The molecule has 3 aliphatic heterocycles. The first-order chi connectivity index (χ1) is 18.0. The number of carbonyl (C=O) groups is 2. The zero-order valence-electron chi connectivity index (χ0n) is 21.0. The number of benzene rings is 3. The van der Waals surface area contributed by atoms with Crippen molar-refractivity contribution in [2.75, 3.05) is 26.8 Å². The van der Waals surface area contributed by atoms with E-state index in [2.05, 4.69) is 5.32 Å². The maximum atomic E-state index is 13.0. The standard InChI is InChI=1S/C29H30N2O6/c1-3-27(33)31-12-10-18-15-26-25(35-2)17-22(18)28(31)19-6-4-7-20(14-19)36-13-5-11-30-29(34)23-16-21(37-26)8-9-24(23)32/h4,6-9,14-17,28,32H,3,5,10-13H2,1-2H3,(H,30,34). The number of nitrogens with zero attached hydrogens (tertiary/aromatic N) is 1. The molecule has 3 aliphatic rings. The van der Waals surface area contributed by atoms with Crippen LogP contribution in [0.1, 0.15) is 52.9 Å². The van der Waals surface area contributed by atoms with E-state index in [0.29, 0.717) is 62.0 Å². The Labute approximate surface area is 215 Å². The van der Waals surface area contributed by atoms with Gasteiger partial charge >= 0.3 is 0 Å². The molecule has 8 nitrogen and oxygen atoms in total. The summed E-state index contributed by atoms with van der Waals surface area (Å²) in [4.78, 5) is 27.6. The summed E-state index contributed by atoms with van der Waals surface area (Å²) in [5.74, 6) is 1.63. The van der Waals surface area contributed by atoms with Gasteiger partial charge in [0.2, 0.25) is 5.91 Å². The normalized spacial score (nSPS) is 17.1. The monoisotopic (exact) mass is 502 g/mol. The third-order valence-corrected chi connectivity index (χ3v) is 6.77. The lowest BCUT2D eigenvalue weighted by Gasteiger charge is -2.38. The first-order valence-corrected chi connectivity index (χ1v) is 12.5. The Morgan fingerprint density at radius 2 is 2.03 bits per heavy atom. The van der Waals surface area contributed by atoms with E-state index < -0.39 is 5.91 Å². The van der Waals surface area contributed by atoms with Gasteiger partial charge in [0.1, 0.15) is 17.2 Å². The van der Waals surface area contributed by atoms with E-state index in [9.17, 15) is 14.7 Å². The molecule has 2 N–H and O–H groups in total. The maximum Gasteiger partial charge on any atom is 0.255 e. The Bertz CT molecular complexity index is 1340. The fraction of sp³-hybridized carbons (Fsp3) is 0.310. The van der Waals surface area contributed by atoms with Gasteiger partial charge in [-0.3, -0.25) is 9.59 Å². The summed E-state index contributed by atoms with van der Waals surface area (Å²) < 4.78 is 17.9. The van der Waals surface area contributed by atoms with E-state index in [4.69, 9.17) is 14.2 Å². The van der Waals surface area contributed by atoms with E-state index in [1.54, 1.807) is 13.2 Å². The van der Waals surface area contributed by atoms with Crippen molar-refractivity contribution in [2.45, 2.75) is 32.2 Å². The number of phenolic OH excluding ortho intramolecular Hbond substituents is 1. The van der Waals surface area contributed by atoms with Crippen molar-refractivity contribution in [2.24, 2.45) is 0 Å². The highest BCUT2D eigenvalue weighted by Gasteiger charge is 2.33. The van der Waals surface area contributed by atoms with Crippen LogP contribution in [-0.4, -0.2) is 48.6 Å². The Hall–Kier alpha value is -4.20. The molecule has 0 fully saturated rings. The summed E-state index contributed by atoms with van der Waals surface area (Å²) in [6.45, 7) is 3.22. The lowest BCUT2D eigenvalue weighted by Crippen LogP contribution is -2.40. The highest BCUT2D eigenvalue weighted by atomic mass is 16.5. The lowest BCUT2D eigenvalue weighted by atomic mass is 9.87. The summed E-state index contributed by atoms with van der Waals surface area (Å²) in [5.41, 5.74) is 3.10. The molecule has 0 spiro atoms. The molecule has 2 amide bonds. The third-order valence-electron chi connectivity index (χ3n) is 6.77. The lowest BCUT2D eigenvalue weighted by molar-refractivity contribution is -0.132. The summed E-state index contributed by atoms with van der Waals surface area (Å²) in [6.07, 6.45) is 1.66. The topological polar surface area (TPSA) is 97.3 Å². The molecule has 3 heterocycles. The predicted molar refractivity (Wildman–Crippen MR) is 138 cm³/mol. The molecule has 8 bridgehead atoms. The highest BCUT2D eigenvalue weighted by molar-refractivity contribution is 5.97. The molecular weight excluding hydrogens is 472 g/mol. The number of rotatable bonds is 2. The molecule has 0 saturated heterocycles. The summed E-state index contributed by atoms with van der Waals surface area (Å²) >= 11 is 0. The molecule has 1 atom stereocenters. The first kappa shape index (κ1) is 24.5. The molecule has 3 aromatic rings. The molecule has 3 aromatic carbocycles. The second-order valence-corrected chi connectivity index (χ2v) is 9.11. The molecule has 0 aliphatic carbocycles. The number of amides is 2. The highest BCUT2D eigenvalue weighted by Crippen LogP contribution is 2.43. The minimum atomic E-state index is -0.396. The number of methoxy groups -OCH3 is 1. The smallest absolute Gasteiger partial charge is 0.255 e. The van der Waals surface area contributed by atoms with Crippen LogP contribution in [0.5, 0.6) is 28.7 Å². The van der Waals surface area contributed by atoms with E-state index >= 15 is 0 Å². The van der Waals surface area contributed by atoms with Gasteiger partial charge in [-0.05, 0) is 72.0 Å². The molecule has 192 valence electrons. The summed E-state index contributed by atoms with van der Waals surface area (Å²) in [5, 5.41) is 13.1. The largest absolute Gasteiger partial charge is 0.507 e. The molecule has 1 unspecified atom stereocenters. The van der Waals surface area contributed by atoms with Crippen LogP contribution in [0.25, 0.3) is 0 Å². The van der Waals surface area contributed by atoms with Crippen LogP contribution in [0.2, 0.25) is 0 Å². The average Bonchev–Trinajstić information content (AvgIpc) is 2.92. The Kier molecular flexibility index (Phi) is 6.90. The predicted octanol–water partition coefficient (Wildman–Crippen LogP) is 4.59. The van der Waals surface area contributed by atoms with Crippen molar-refractivity contribution in [1.29, 1.82) is 0 Å². The molecule has 0 saturated carbocycles. The minimum absolute atomic E-state index is 0.0794. The van der Waals surface area contributed by atoms with Gasteiger partial charge in [0.05, 0.1) is 25.3 Å². The SMILES string of the molecule is CCC(=O)N1CCc2cc3c(OC)cc2C1c1cccc(c1)OCCCNC(=O)c1cc(ccc1O)O3. The van der Waals surface area contributed by atoms with Crippen molar-refractivity contribution in [1.82, 2.24) is 10.2 Å². The number of aromatic hydroxyl groups is 1. The first-order valence-electron chi connectivity index (χ1n) is 12.5. The molecule has 0 radical (unpaired) electrons. The summed E-state index contributed by atoms with van der Waals surface area (Å²) in [6, 6.07) is 15.9. The zero-order valence-corrected chi connectivity index (χ0v) is 21.0. The number of carbonyl (C=O) groups excluding carboxylic acids is 2. The van der Waals surface area contributed by atoms with Gasteiger partial charge in [-0.15, -0.1) is 0 Å². The number of fused-ring (bicyclic) bond motifs is 6. The van der Waals surface area contributed by atoms with E-state index in [-0.39, 0.29) is 23.3 Å². The molecule has 0 aromatic heterocycles. The van der Waals surface area contributed by atoms with E-state index in [1.807, 2.05) is 48.2 Å². The number of phenols is 1. The number of ether oxygens (including phenoxy) is 3. The molecular formula is C29H30N2O6. The Morgan fingerprint density at radius 3 is 2.84 bits per heavy atom. The van der Waals surface area contributed by atoms with Gasteiger partial charge in [0.25, 0.3) is 5.91 Å². The van der Waals surface area contributed by atoms with Crippen LogP contribution in [0.4, 0.5) is 0 Å². The number of nitrogens with one attached hydrogen (secondary N) is 1. The van der Waals surface area contributed by atoms with Gasteiger partial charge in [-0.2, -0.15) is 0 Å². The zero-order chi connectivity index (χ0) is 25.9.